The zero-order valence-electron chi connectivity index (χ0n) is 16.6. The van der Waals surface area contributed by atoms with Crippen molar-refractivity contribution in [2.24, 2.45) is 0 Å². The Bertz CT molecular complexity index is 1060. The number of benzene rings is 2. The van der Waals surface area contributed by atoms with E-state index in [-0.39, 0.29) is 0 Å². The fourth-order valence-electron chi connectivity index (χ4n) is 3.83. The summed E-state index contributed by atoms with van der Waals surface area (Å²) in [7, 11) is 3.90. The van der Waals surface area contributed by atoms with Crippen molar-refractivity contribution in [2.75, 3.05) is 24.3 Å². The molecule has 1 aliphatic rings. The molecule has 0 spiro atoms. The molecule has 148 valence electrons. The molecule has 1 N–H and O–H groups in total. The highest BCUT2D eigenvalue weighted by Crippen LogP contribution is 2.40. The Kier molecular flexibility index (Phi) is 4.80. The lowest BCUT2D eigenvalue weighted by Gasteiger charge is -2.22. The third kappa shape index (κ3) is 3.24. The van der Waals surface area contributed by atoms with Crippen LogP contribution in [0.5, 0.6) is 0 Å². The number of rotatable bonds is 6. The number of anilines is 2. The summed E-state index contributed by atoms with van der Waals surface area (Å²) in [6.45, 7) is 2.97. The van der Waals surface area contributed by atoms with E-state index >= 15 is 0 Å². The number of carbonyl (C=O) groups is 2. The van der Waals surface area contributed by atoms with Crippen molar-refractivity contribution in [1.29, 1.82) is 0 Å². The second kappa shape index (κ2) is 7.43. The molecule has 0 saturated carbocycles. The topological polar surface area (TPSA) is 78.7 Å². The van der Waals surface area contributed by atoms with Gasteiger partial charge in [0.15, 0.2) is 0 Å². The third-order valence-corrected chi connectivity index (χ3v) is 5.18. The van der Waals surface area contributed by atoms with E-state index in [9.17, 15) is 9.59 Å². The number of fused-ring (bicyclic) bond motifs is 1. The van der Waals surface area contributed by atoms with E-state index in [1.807, 2.05) is 56.3 Å². The first-order chi connectivity index (χ1) is 14.0. The highest BCUT2D eigenvalue weighted by atomic mass is 16.4. The molecule has 3 aromatic rings. The van der Waals surface area contributed by atoms with Crippen molar-refractivity contribution < 1.29 is 14.0 Å². The minimum absolute atomic E-state index is 0.453. The zero-order valence-corrected chi connectivity index (χ0v) is 16.6. The molecule has 0 aliphatic carbocycles. The van der Waals surface area contributed by atoms with Crippen molar-refractivity contribution in [3.63, 3.8) is 0 Å². The van der Waals surface area contributed by atoms with Crippen molar-refractivity contribution in [2.45, 2.75) is 20.0 Å². The van der Waals surface area contributed by atoms with Crippen LogP contribution in [0.1, 0.15) is 17.0 Å². The summed E-state index contributed by atoms with van der Waals surface area (Å²) in [5.74, 6) is 1.30. The summed E-state index contributed by atoms with van der Waals surface area (Å²) < 4.78 is 5.98. The van der Waals surface area contributed by atoms with Crippen LogP contribution in [0, 0.1) is 6.92 Å². The highest BCUT2D eigenvalue weighted by Gasteiger charge is 2.26. The molecule has 2 aromatic carbocycles. The minimum Gasteiger partial charge on any atom is -0.439 e. The van der Waals surface area contributed by atoms with Crippen LogP contribution < -0.4 is 10.2 Å². The monoisotopic (exact) mass is 390 g/mol. The van der Waals surface area contributed by atoms with Crippen LogP contribution in [-0.2, 0) is 22.7 Å². The van der Waals surface area contributed by atoms with Gasteiger partial charge in [0, 0.05) is 25.2 Å². The first-order valence-corrected chi connectivity index (χ1v) is 9.32. The number of para-hydroxylation sites is 1. The molecule has 2 amide bonds. The normalized spacial score (nSPS) is 12.6. The van der Waals surface area contributed by atoms with Crippen LogP contribution in [0.2, 0.25) is 0 Å². The Morgan fingerprint density at radius 3 is 2.48 bits per heavy atom. The van der Waals surface area contributed by atoms with Gasteiger partial charge in [-0.1, -0.05) is 24.3 Å². The van der Waals surface area contributed by atoms with Crippen LogP contribution in [-0.4, -0.2) is 36.8 Å². The Labute approximate surface area is 169 Å². The summed E-state index contributed by atoms with van der Waals surface area (Å²) in [5.41, 5.74) is 6.47. The van der Waals surface area contributed by atoms with E-state index in [4.69, 9.17) is 4.42 Å². The van der Waals surface area contributed by atoms with Crippen LogP contribution in [0.25, 0.3) is 22.6 Å². The molecule has 0 unspecified atom stereocenters. The van der Waals surface area contributed by atoms with Crippen molar-refractivity contribution in [3.8, 4) is 22.6 Å². The average Bonchev–Trinajstić information content (AvgIpc) is 3.27. The lowest BCUT2D eigenvalue weighted by molar-refractivity contribution is -0.118. The number of nitrogens with one attached hydrogen (secondary N) is 1. The number of nitrogens with zero attached hydrogens (tertiary/aromatic N) is 3. The molecule has 7 heteroatoms. The number of carbonyl (C=O) groups excluding carboxylic acids is 2. The number of hydrogen-bond donors (Lipinski definition) is 1. The molecule has 2 heterocycles. The summed E-state index contributed by atoms with van der Waals surface area (Å²) in [5, 5.41) is 2.78. The Hall–Kier alpha value is -3.61. The third-order valence-electron chi connectivity index (χ3n) is 5.18. The van der Waals surface area contributed by atoms with Gasteiger partial charge in [-0.25, -0.2) is 4.98 Å². The van der Waals surface area contributed by atoms with Gasteiger partial charge >= 0.3 is 0 Å². The molecule has 0 bridgehead atoms. The fraction of sp³-hybridized carbons (Fsp3) is 0.227. The smallest absolute Gasteiger partial charge is 0.226 e. The first kappa shape index (κ1) is 18.7. The maximum Gasteiger partial charge on any atom is 0.226 e. The van der Waals surface area contributed by atoms with Crippen LogP contribution in [0.15, 0.2) is 40.8 Å². The van der Waals surface area contributed by atoms with Gasteiger partial charge < -0.3 is 19.5 Å². The van der Waals surface area contributed by atoms with Gasteiger partial charge in [-0.3, -0.25) is 9.59 Å². The van der Waals surface area contributed by atoms with Crippen molar-refractivity contribution in [1.82, 2.24) is 9.88 Å². The molecular weight excluding hydrogens is 368 g/mol. The zero-order chi connectivity index (χ0) is 20.5. The largest absolute Gasteiger partial charge is 0.439 e. The maximum atomic E-state index is 11.0. The van der Waals surface area contributed by atoms with Gasteiger partial charge in [0.1, 0.15) is 11.5 Å². The number of oxazole rings is 1. The van der Waals surface area contributed by atoms with Gasteiger partial charge in [0.05, 0.1) is 24.5 Å². The Morgan fingerprint density at radius 1 is 1.07 bits per heavy atom. The summed E-state index contributed by atoms with van der Waals surface area (Å²) >= 11 is 0. The molecule has 0 atom stereocenters. The van der Waals surface area contributed by atoms with Gasteiger partial charge in [0.25, 0.3) is 0 Å². The molecule has 7 nitrogen and oxygen atoms in total. The quantitative estimate of drug-likeness (QED) is 0.653. The lowest BCUT2D eigenvalue weighted by atomic mass is 9.94. The summed E-state index contributed by atoms with van der Waals surface area (Å²) in [4.78, 5) is 30.2. The predicted molar refractivity (Wildman–Crippen MR) is 111 cm³/mol. The van der Waals surface area contributed by atoms with E-state index in [1.54, 1.807) is 4.90 Å². The Balaban J connectivity index is 1.80. The van der Waals surface area contributed by atoms with E-state index in [0.717, 1.165) is 51.5 Å². The van der Waals surface area contributed by atoms with E-state index in [2.05, 4.69) is 16.4 Å². The predicted octanol–water partition coefficient (Wildman–Crippen LogP) is 3.42. The second-order valence-electron chi connectivity index (χ2n) is 7.24. The molecule has 1 aliphatic heterocycles. The molecule has 29 heavy (non-hydrogen) atoms. The molecule has 4 rings (SSSR count). The molecular formula is C22H22N4O3. The molecule has 1 aromatic heterocycles. The minimum atomic E-state index is 0.453. The average molecular weight is 390 g/mol. The molecule has 0 fully saturated rings. The van der Waals surface area contributed by atoms with Crippen molar-refractivity contribution in [3.05, 3.63) is 53.4 Å². The van der Waals surface area contributed by atoms with Crippen LogP contribution in [0.3, 0.4) is 0 Å². The summed E-state index contributed by atoms with van der Waals surface area (Å²) in [6.07, 6.45) is 1.50. The standard InChI is InChI=1S/C22H22N4O3/c1-14-15(17-8-5-9-18(23-12-27)21(17)25(2)3)6-4-7-16(14)22-24-19-10-26(13-28)11-20(19)29-22/h4-9,12-13H,10-11H2,1-3H3,(H,23,27). The first-order valence-electron chi connectivity index (χ1n) is 9.32. The SMILES string of the molecule is Cc1c(-c2nc3c(o2)CN(C=O)C3)cccc1-c1cccc(NC=O)c1N(C)C. The summed E-state index contributed by atoms with van der Waals surface area (Å²) in [6, 6.07) is 11.9. The highest BCUT2D eigenvalue weighted by molar-refractivity contribution is 5.93. The molecule has 0 radical (unpaired) electrons. The molecule has 0 saturated heterocycles. The van der Waals surface area contributed by atoms with E-state index < -0.39 is 0 Å². The van der Waals surface area contributed by atoms with Crippen LogP contribution >= 0.6 is 0 Å². The van der Waals surface area contributed by atoms with E-state index in [0.29, 0.717) is 25.4 Å². The van der Waals surface area contributed by atoms with E-state index in [1.165, 1.54) is 0 Å². The van der Waals surface area contributed by atoms with Gasteiger partial charge in [-0.2, -0.15) is 0 Å². The number of amides is 2. The lowest BCUT2D eigenvalue weighted by Crippen LogP contribution is -2.13. The fourth-order valence-corrected chi connectivity index (χ4v) is 3.83. The van der Waals surface area contributed by atoms with Gasteiger partial charge in [-0.15, -0.1) is 0 Å². The Morgan fingerprint density at radius 2 is 1.79 bits per heavy atom. The number of hydrogen-bond acceptors (Lipinski definition) is 5. The second-order valence-corrected chi connectivity index (χ2v) is 7.24. The van der Waals surface area contributed by atoms with Crippen molar-refractivity contribution >= 4 is 24.2 Å². The maximum absolute atomic E-state index is 11.0. The van der Waals surface area contributed by atoms with Gasteiger partial charge in [0.2, 0.25) is 18.7 Å². The van der Waals surface area contributed by atoms with Gasteiger partial charge in [-0.05, 0) is 30.2 Å². The number of aromatic nitrogens is 1. The van der Waals surface area contributed by atoms with Crippen LogP contribution in [0.4, 0.5) is 11.4 Å².